The molecule has 0 saturated carbocycles. The number of rotatable bonds is 1. The molecule has 0 N–H and O–H groups in total. The van der Waals surface area contributed by atoms with Crippen LogP contribution >= 0.6 is 11.5 Å². The van der Waals surface area contributed by atoms with Crippen LogP contribution in [0.2, 0.25) is 0 Å². The number of hydrogen-bond donors (Lipinski definition) is 0. The fourth-order valence-electron chi connectivity index (χ4n) is 1.90. The second kappa shape index (κ2) is 3.61. The Bertz CT molecular complexity index is 816. The molecule has 4 nitrogen and oxygen atoms in total. The molecular weight excluding hydrogens is 246 g/mol. The molecule has 0 radical (unpaired) electrons. The van der Waals surface area contributed by atoms with Gasteiger partial charge >= 0.3 is 0 Å². The third-order valence-electron chi connectivity index (χ3n) is 2.79. The van der Waals surface area contributed by atoms with Gasteiger partial charge in [-0.1, -0.05) is 6.07 Å². The van der Waals surface area contributed by atoms with Crippen molar-refractivity contribution in [1.82, 2.24) is 14.3 Å². The predicted molar refractivity (Wildman–Crippen MR) is 70.4 cm³/mol. The van der Waals surface area contributed by atoms with Crippen LogP contribution in [0.25, 0.3) is 32.6 Å². The summed E-state index contributed by atoms with van der Waals surface area (Å²) in [4.78, 5) is 8.47. The largest absolute Gasteiger partial charge is 0.434 e. The quantitative estimate of drug-likeness (QED) is 0.521. The van der Waals surface area contributed by atoms with Crippen molar-refractivity contribution in [3.8, 4) is 11.5 Å². The highest BCUT2D eigenvalue weighted by Gasteiger charge is 2.09. The third kappa shape index (κ3) is 1.41. The molecule has 3 heterocycles. The van der Waals surface area contributed by atoms with E-state index in [1.165, 1.54) is 11.5 Å². The zero-order chi connectivity index (χ0) is 11.9. The molecule has 86 valence electrons. The molecule has 0 aliphatic heterocycles. The van der Waals surface area contributed by atoms with Crippen molar-refractivity contribution in [2.75, 3.05) is 0 Å². The smallest absolute Gasteiger partial charge is 0.227 e. The Labute approximate surface area is 106 Å². The highest BCUT2D eigenvalue weighted by Crippen LogP contribution is 2.28. The van der Waals surface area contributed by atoms with E-state index in [0.717, 1.165) is 21.2 Å². The van der Waals surface area contributed by atoms with E-state index in [1.807, 2.05) is 30.5 Å². The van der Waals surface area contributed by atoms with E-state index in [0.29, 0.717) is 11.5 Å². The minimum Gasteiger partial charge on any atom is -0.434 e. The molecule has 0 unspecified atom stereocenters. The maximum Gasteiger partial charge on any atom is 0.227 e. The average molecular weight is 253 g/mol. The van der Waals surface area contributed by atoms with Gasteiger partial charge in [-0.05, 0) is 29.7 Å². The van der Waals surface area contributed by atoms with Gasteiger partial charge in [-0.25, -0.2) is 4.98 Å². The number of nitrogens with zero attached hydrogens (tertiary/aromatic N) is 3. The van der Waals surface area contributed by atoms with Gasteiger partial charge in [0.2, 0.25) is 5.89 Å². The molecule has 5 heteroatoms. The summed E-state index contributed by atoms with van der Waals surface area (Å²) in [5, 5.41) is 1.14. The molecule has 0 amide bonds. The molecule has 0 aliphatic carbocycles. The number of pyridine rings is 1. The summed E-state index contributed by atoms with van der Waals surface area (Å²) in [5.41, 5.74) is 2.49. The maximum absolute atomic E-state index is 5.69. The second-order valence-corrected chi connectivity index (χ2v) is 4.77. The lowest BCUT2D eigenvalue weighted by Gasteiger charge is -1.94. The Morgan fingerprint density at radius 1 is 1.11 bits per heavy atom. The number of fused-ring (bicyclic) bond motifs is 2. The van der Waals surface area contributed by atoms with Crippen LogP contribution in [0.5, 0.6) is 0 Å². The minimum atomic E-state index is 0.619. The van der Waals surface area contributed by atoms with Crippen LogP contribution in [-0.2, 0) is 0 Å². The number of hydrogen-bond acceptors (Lipinski definition) is 5. The van der Waals surface area contributed by atoms with Crippen LogP contribution in [-0.4, -0.2) is 14.3 Å². The van der Waals surface area contributed by atoms with Gasteiger partial charge in [0.1, 0.15) is 5.52 Å². The van der Waals surface area contributed by atoms with Gasteiger partial charge in [-0.15, -0.1) is 0 Å². The number of aromatic nitrogens is 3. The summed E-state index contributed by atoms with van der Waals surface area (Å²) >= 11 is 1.47. The molecule has 0 saturated heterocycles. The summed E-state index contributed by atoms with van der Waals surface area (Å²) in [6, 6.07) is 7.91. The molecule has 0 bridgehead atoms. The van der Waals surface area contributed by atoms with E-state index in [1.54, 1.807) is 12.4 Å². The minimum absolute atomic E-state index is 0.619. The summed E-state index contributed by atoms with van der Waals surface area (Å²) in [6.07, 6.45) is 5.25. The molecule has 0 spiro atoms. The summed E-state index contributed by atoms with van der Waals surface area (Å²) in [7, 11) is 0. The van der Waals surface area contributed by atoms with Crippen molar-refractivity contribution in [2.24, 2.45) is 0 Å². The predicted octanol–water partition coefficient (Wildman–Crippen LogP) is 3.50. The van der Waals surface area contributed by atoms with Gasteiger partial charge in [0.25, 0.3) is 0 Å². The summed E-state index contributed by atoms with van der Waals surface area (Å²) < 4.78 is 11.0. The van der Waals surface area contributed by atoms with Gasteiger partial charge in [0.05, 0.1) is 10.9 Å². The lowest BCUT2D eigenvalue weighted by Crippen LogP contribution is -1.75. The molecule has 18 heavy (non-hydrogen) atoms. The number of oxazole rings is 1. The van der Waals surface area contributed by atoms with Gasteiger partial charge in [-0.2, -0.15) is 4.37 Å². The topological polar surface area (TPSA) is 51.8 Å². The Morgan fingerprint density at radius 2 is 2.11 bits per heavy atom. The van der Waals surface area contributed by atoms with Crippen LogP contribution in [0.1, 0.15) is 0 Å². The van der Waals surface area contributed by atoms with Gasteiger partial charge in [-0.3, -0.25) is 4.98 Å². The molecule has 3 aromatic heterocycles. The first-order valence-electron chi connectivity index (χ1n) is 5.45. The second-order valence-electron chi connectivity index (χ2n) is 3.94. The van der Waals surface area contributed by atoms with Crippen LogP contribution in [0, 0.1) is 0 Å². The number of benzene rings is 1. The lowest BCUT2D eigenvalue weighted by atomic mass is 10.2. The van der Waals surface area contributed by atoms with Crippen LogP contribution in [0.3, 0.4) is 0 Å². The van der Waals surface area contributed by atoms with E-state index in [4.69, 9.17) is 4.42 Å². The van der Waals surface area contributed by atoms with Gasteiger partial charge in [0, 0.05) is 23.3 Å². The Kier molecular flexibility index (Phi) is 1.95. The summed E-state index contributed by atoms with van der Waals surface area (Å²) in [5.74, 6) is 0.619. The van der Waals surface area contributed by atoms with Crippen LogP contribution < -0.4 is 0 Å². The standard InChI is InChI=1S/C13H7N3OS/c1-2-9-6-15-18-12(9)5-8(1)13-16-10-3-4-14-7-11(10)17-13/h1-7H. The van der Waals surface area contributed by atoms with Crippen molar-refractivity contribution in [3.63, 3.8) is 0 Å². The highest BCUT2D eigenvalue weighted by molar-refractivity contribution is 7.13. The molecule has 1 aromatic carbocycles. The zero-order valence-corrected chi connectivity index (χ0v) is 10.0. The van der Waals surface area contributed by atoms with Crippen molar-refractivity contribution in [1.29, 1.82) is 0 Å². The van der Waals surface area contributed by atoms with Crippen molar-refractivity contribution in [3.05, 3.63) is 42.9 Å². The van der Waals surface area contributed by atoms with Gasteiger partial charge in [0.15, 0.2) is 5.58 Å². The molecule has 0 fully saturated rings. The van der Waals surface area contributed by atoms with Gasteiger partial charge < -0.3 is 4.42 Å². The molecule has 4 aromatic rings. The fourth-order valence-corrected chi connectivity index (χ4v) is 2.58. The molecule has 4 rings (SSSR count). The molecular formula is C13H7N3OS. The normalized spacial score (nSPS) is 11.3. The van der Waals surface area contributed by atoms with E-state index < -0.39 is 0 Å². The fraction of sp³-hybridized carbons (Fsp3) is 0. The SMILES string of the molecule is c1cc2nc(-c3ccc4cnsc4c3)oc2cn1. The first kappa shape index (κ1) is 9.73. The Hall–Kier alpha value is -2.27. The molecule has 0 atom stereocenters. The zero-order valence-electron chi connectivity index (χ0n) is 9.20. The third-order valence-corrected chi connectivity index (χ3v) is 3.56. The van der Waals surface area contributed by atoms with E-state index in [-0.39, 0.29) is 0 Å². The first-order valence-corrected chi connectivity index (χ1v) is 6.23. The van der Waals surface area contributed by atoms with E-state index >= 15 is 0 Å². The Morgan fingerprint density at radius 3 is 3.06 bits per heavy atom. The van der Waals surface area contributed by atoms with Crippen LogP contribution in [0.4, 0.5) is 0 Å². The highest BCUT2D eigenvalue weighted by atomic mass is 32.1. The van der Waals surface area contributed by atoms with E-state index in [2.05, 4.69) is 14.3 Å². The first-order chi connectivity index (χ1) is 8.90. The average Bonchev–Trinajstić information content (AvgIpc) is 3.04. The van der Waals surface area contributed by atoms with Crippen LogP contribution in [0.15, 0.2) is 47.3 Å². The van der Waals surface area contributed by atoms with Crippen molar-refractivity contribution < 1.29 is 4.42 Å². The maximum atomic E-state index is 5.69. The Balaban J connectivity index is 1.94. The summed E-state index contributed by atoms with van der Waals surface area (Å²) in [6.45, 7) is 0. The lowest BCUT2D eigenvalue weighted by molar-refractivity contribution is 0.618. The van der Waals surface area contributed by atoms with E-state index in [9.17, 15) is 0 Å². The monoisotopic (exact) mass is 253 g/mol. The van der Waals surface area contributed by atoms with Crippen molar-refractivity contribution in [2.45, 2.75) is 0 Å². The molecule has 0 aliphatic rings. The van der Waals surface area contributed by atoms with Crippen molar-refractivity contribution >= 4 is 32.7 Å².